The first kappa shape index (κ1) is 10.8. The van der Waals surface area contributed by atoms with Crippen LogP contribution in [0.2, 0.25) is 0 Å². The number of hydrogen-bond acceptors (Lipinski definition) is 0. The Hall–Kier alpha value is -1.24. The number of aromatic nitrogens is 1. The van der Waals surface area contributed by atoms with E-state index in [1.165, 1.54) is 16.5 Å². The number of benzene rings is 1. The lowest BCUT2D eigenvalue weighted by molar-refractivity contribution is 0.876. The maximum Gasteiger partial charge on any atom is 0.0456 e. The Morgan fingerprint density at radius 2 is 1.86 bits per heavy atom. The zero-order valence-corrected chi connectivity index (χ0v) is 9.46. The van der Waals surface area contributed by atoms with Crippen molar-refractivity contribution in [1.29, 1.82) is 0 Å². The number of hydrogen-bond donors (Lipinski definition) is 1. The number of aromatic amines is 1. The summed E-state index contributed by atoms with van der Waals surface area (Å²) in [6.45, 7) is 8.45. The first-order chi connectivity index (χ1) is 6.79. The second-order valence-corrected chi connectivity index (χ2v) is 3.44. The maximum atomic E-state index is 3.21. The van der Waals surface area contributed by atoms with Gasteiger partial charge >= 0.3 is 0 Å². The third kappa shape index (κ3) is 1.98. The molecule has 1 heterocycles. The lowest BCUT2D eigenvalue weighted by Gasteiger charge is -2.05. The van der Waals surface area contributed by atoms with Crippen molar-refractivity contribution in [3.63, 3.8) is 0 Å². The van der Waals surface area contributed by atoms with Gasteiger partial charge in [-0.3, -0.25) is 0 Å². The summed E-state index contributed by atoms with van der Waals surface area (Å²) in [4.78, 5) is 3.21. The average Bonchev–Trinajstić information content (AvgIpc) is 2.67. The third-order valence-electron chi connectivity index (χ3n) is 2.25. The van der Waals surface area contributed by atoms with Gasteiger partial charge in [-0.25, -0.2) is 0 Å². The Bertz CT molecular complexity index is 390. The largest absolute Gasteiger partial charge is 0.361 e. The van der Waals surface area contributed by atoms with E-state index in [4.69, 9.17) is 0 Å². The van der Waals surface area contributed by atoms with Crippen LogP contribution < -0.4 is 0 Å². The Kier molecular flexibility index (Phi) is 3.75. The fourth-order valence-electron chi connectivity index (χ4n) is 1.61. The van der Waals surface area contributed by atoms with Gasteiger partial charge in [0.25, 0.3) is 0 Å². The molecular formula is C13H21N. The molecule has 14 heavy (non-hydrogen) atoms. The predicted molar refractivity (Wildman–Crippen MR) is 65.8 cm³/mol. The monoisotopic (exact) mass is 191 g/mol. The van der Waals surface area contributed by atoms with E-state index < -0.39 is 0 Å². The third-order valence-corrected chi connectivity index (χ3v) is 2.25. The molecule has 0 saturated carbocycles. The molecule has 78 valence electrons. The quantitative estimate of drug-likeness (QED) is 0.680. The molecule has 1 nitrogen and oxygen atoms in total. The summed E-state index contributed by atoms with van der Waals surface area (Å²) >= 11 is 0. The fraction of sp³-hybridized carbons (Fsp3) is 0.385. The van der Waals surface area contributed by atoms with Crippen molar-refractivity contribution in [2.24, 2.45) is 0 Å². The minimum absolute atomic E-state index is 0. The van der Waals surface area contributed by atoms with Gasteiger partial charge in [-0.1, -0.05) is 39.8 Å². The molecule has 0 aliphatic heterocycles. The molecule has 1 aromatic heterocycles. The summed E-state index contributed by atoms with van der Waals surface area (Å²) in [7, 11) is 0. The van der Waals surface area contributed by atoms with E-state index in [9.17, 15) is 0 Å². The van der Waals surface area contributed by atoms with Gasteiger partial charge in [-0.05, 0) is 23.6 Å². The number of H-pyrrole nitrogens is 1. The highest BCUT2D eigenvalue weighted by Crippen LogP contribution is 2.23. The van der Waals surface area contributed by atoms with Gasteiger partial charge in [0, 0.05) is 18.5 Å². The van der Waals surface area contributed by atoms with E-state index in [0.29, 0.717) is 5.92 Å². The van der Waals surface area contributed by atoms with Crippen molar-refractivity contribution in [2.75, 3.05) is 0 Å². The summed E-state index contributed by atoms with van der Waals surface area (Å²) in [6.07, 6.45) is 2.00. The lowest BCUT2D eigenvalue weighted by atomic mass is 10.00. The first-order valence-corrected chi connectivity index (χ1v) is 5.35. The normalized spacial score (nSPS) is 10.1. The van der Waals surface area contributed by atoms with Crippen LogP contribution in [0.5, 0.6) is 0 Å². The summed E-state index contributed by atoms with van der Waals surface area (Å²) in [5, 5.41) is 1.35. The molecule has 0 spiro atoms. The Morgan fingerprint density at radius 1 is 1.14 bits per heavy atom. The van der Waals surface area contributed by atoms with Crippen LogP contribution in [0, 0.1) is 0 Å². The fourth-order valence-corrected chi connectivity index (χ4v) is 1.61. The van der Waals surface area contributed by atoms with Gasteiger partial charge in [-0.15, -0.1) is 0 Å². The van der Waals surface area contributed by atoms with Crippen LogP contribution in [0.4, 0.5) is 0 Å². The molecule has 1 N–H and O–H groups in total. The van der Waals surface area contributed by atoms with Crippen LogP contribution in [0.1, 0.15) is 40.6 Å². The molecule has 0 aliphatic carbocycles. The second kappa shape index (κ2) is 4.85. The minimum atomic E-state index is 0. The Balaban J connectivity index is 0.000000617. The van der Waals surface area contributed by atoms with Crippen molar-refractivity contribution < 1.29 is 1.43 Å². The molecule has 0 atom stereocenters. The van der Waals surface area contributed by atoms with E-state index in [0.717, 1.165) is 0 Å². The van der Waals surface area contributed by atoms with Crippen LogP contribution in [-0.4, -0.2) is 4.98 Å². The van der Waals surface area contributed by atoms with Gasteiger partial charge in [0.05, 0.1) is 0 Å². The smallest absolute Gasteiger partial charge is 0.0456 e. The molecule has 0 saturated heterocycles. The second-order valence-electron chi connectivity index (χ2n) is 3.44. The summed E-state index contributed by atoms with van der Waals surface area (Å²) in [5.41, 5.74) is 2.66. The molecule has 0 aliphatic rings. The predicted octanol–water partition coefficient (Wildman–Crippen LogP) is 4.56. The summed E-state index contributed by atoms with van der Waals surface area (Å²) < 4.78 is 0. The molecule has 2 aromatic rings. The van der Waals surface area contributed by atoms with Crippen LogP contribution in [-0.2, 0) is 0 Å². The van der Waals surface area contributed by atoms with Gasteiger partial charge in [0.1, 0.15) is 0 Å². The summed E-state index contributed by atoms with van der Waals surface area (Å²) in [6, 6.07) is 8.56. The highest BCUT2D eigenvalue weighted by atomic mass is 14.7. The number of nitrogens with one attached hydrogen (secondary N) is 1. The van der Waals surface area contributed by atoms with Crippen molar-refractivity contribution in [3.8, 4) is 0 Å². The standard InChI is InChI=1S/C11H13N.C2H6.H2/c1-8(2)9-4-3-5-11-10(9)6-7-12-11;1-2;/h3-8,12H,1-2H3;1-2H3;1H. The van der Waals surface area contributed by atoms with Crippen molar-refractivity contribution >= 4 is 10.9 Å². The molecule has 0 radical (unpaired) electrons. The van der Waals surface area contributed by atoms with E-state index in [1.807, 2.05) is 20.0 Å². The molecular weight excluding hydrogens is 170 g/mol. The van der Waals surface area contributed by atoms with Crippen LogP contribution in [0.3, 0.4) is 0 Å². The molecule has 1 aromatic carbocycles. The number of fused-ring (bicyclic) bond motifs is 1. The average molecular weight is 191 g/mol. The highest BCUT2D eigenvalue weighted by molar-refractivity contribution is 5.83. The number of rotatable bonds is 1. The van der Waals surface area contributed by atoms with Crippen LogP contribution >= 0.6 is 0 Å². The van der Waals surface area contributed by atoms with E-state index >= 15 is 0 Å². The van der Waals surface area contributed by atoms with Gasteiger partial charge in [0.15, 0.2) is 0 Å². The van der Waals surface area contributed by atoms with E-state index in [1.54, 1.807) is 0 Å². The molecule has 1 heteroatoms. The van der Waals surface area contributed by atoms with Gasteiger partial charge in [0.2, 0.25) is 0 Å². The molecule has 2 rings (SSSR count). The van der Waals surface area contributed by atoms with E-state index in [-0.39, 0.29) is 1.43 Å². The van der Waals surface area contributed by atoms with Crippen molar-refractivity contribution in [3.05, 3.63) is 36.0 Å². The Labute approximate surface area is 87.6 Å². The lowest BCUT2D eigenvalue weighted by Crippen LogP contribution is -1.86. The summed E-state index contributed by atoms with van der Waals surface area (Å²) in [5.74, 6) is 0.601. The molecule has 0 unspecified atom stereocenters. The van der Waals surface area contributed by atoms with Crippen LogP contribution in [0.15, 0.2) is 30.5 Å². The Morgan fingerprint density at radius 3 is 2.50 bits per heavy atom. The maximum absolute atomic E-state index is 3.21. The van der Waals surface area contributed by atoms with Crippen molar-refractivity contribution in [1.82, 2.24) is 4.98 Å². The van der Waals surface area contributed by atoms with Crippen LogP contribution in [0.25, 0.3) is 10.9 Å². The zero-order chi connectivity index (χ0) is 10.6. The zero-order valence-electron chi connectivity index (χ0n) is 9.46. The van der Waals surface area contributed by atoms with Gasteiger partial charge < -0.3 is 4.98 Å². The van der Waals surface area contributed by atoms with Gasteiger partial charge in [-0.2, -0.15) is 0 Å². The molecule has 0 amide bonds. The first-order valence-electron chi connectivity index (χ1n) is 5.35. The SMILES string of the molecule is CC.CC(C)c1cccc2[nH]ccc12.[HH]. The highest BCUT2D eigenvalue weighted by Gasteiger charge is 2.03. The molecule has 0 bridgehead atoms. The minimum Gasteiger partial charge on any atom is -0.361 e. The molecule has 0 fully saturated rings. The topological polar surface area (TPSA) is 15.8 Å². The van der Waals surface area contributed by atoms with Crippen molar-refractivity contribution in [2.45, 2.75) is 33.6 Å². The van der Waals surface area contributed by atoms with E-state index in [2.05, 4.69) is 43.1 Å².